The monoisotopic (exact) mass is 463 g/mol. The van der Waals surface area contributed by atoms with Crippen molar-refractivity contribution in [2.45, 2.75) is 6.42 Å². The molecule has 3 aromatic carbocycles. The van der Waals surface area contributed by atoms with Gasteiger partial charge in [0.05, 0.1) is 16.7 Å². The predicted octanol–water partition coefficient (Wildman–Crippen LogP) is 5.75. The van der Waals surface area contributed by atoms with E-state index in [1.807, 2.05) is 48.7 Å². The standard InChI is InChI=1S/C27H18ClN5O/c28-21-14-31-27(29)33-25(21)26(34)32-23-10-9-19(17-11-16-6-2-4-8-22(16)30-13-17)24-18-7-3-1-5-15(18)12-20(23)24/h1-11,13-14H,12H2,(H,32,34)(H2,29,31,33). The lowest BCUT2D eigenvalue weighted by Crippen LogP contribution is -2.16. The van der Waals surface area contributed by atoms with E-state index in [0.717, 1.165) is 38.7 Å². The predicted molar refractivity (Wildman–Crippen MR) is 135 cm³/mol. The van der Waals surface area contributed by atoms with Gasteiger partial charge in [-0.3, -0.25) is 9.78 Å². The van der Waals surface area contributed by atoms with Crippen molar-refractivity contribution in [1.29, 1.82) is 0 Å². The van der Waals surface area contributed by atoms with Crippen LogP contribution in [0, 0.1) is 0 Å². The van der Waals surface area contributed by atoms with E-state index in [2.05, 4.69) is 44.5 Å². The minimum absolute atomic E-state index is 0.00802. The van der Waals surface area contributed by atoms with Crippen LogP contribution in [-0.4, -0.2) is 20.9 Å². The molecule has 6 nitrogen and oxygen atoms in total. The van der Waals surface area contributed by atoms with Gasteiger partial charge in [-0.2, -0.15) is 0 Å². The van der Waals surface area contributed by atoms with Crippen molar-refractivity contribution in [2.75, 3.05) is 11.1 Å². The zero-order valence-electron chi connectivity index (χ0n) is 17.9. The number of hydrogen-bond donors (Lipinski definition) is 2. The molecule has 0 radical (unpaired) electrons. The summed E-state index contributed by atoms with van der Waals surface area (Å²) in [7, 11) is 0. The molecule has 2 heterocycles. The van der Waals surface area contributed by atoms with E-state index in [9.17, 15) is 4.79 Å². The third-order valence-corrected chi connectivity index (χ3v) is 6.37. The largest absolute Gasteiger partial charge is 0.368 e. The number of rotatable bonds is 3. The molecule has 2 aromatic heterocycles. The van der Waals surface area contributed by atoms with Crippen LogP contribution in [0.2, 0.25) is 5.02 Å². The molecule has 0 unspecified atom stereocenters. The Hall–Kier alpha value is -4.29. The molecule has 5 aromatic rings. The Labute approximate surface area is 200 Å². The molecule has 34 heavy (non-hydrogen) atoms. The Kier molecular flexibility index (Phi) is 4.74. The van der Waals surface area contributed by atoms with E-state index in [1.54, 1.807) is 0 Å². The minimum atomic E-state index is -0.433. The Morgan fingerprint density at radius 2 is 1.76 bits per heavy atom. The van der Waals surface area contributed by atoms with Gasteiger partial charge in [-0.25, -0.2) is 9.97 Å². The summed E-state index contributed by atoms with van der Waals surface area (Å²) in [5.74, 6) is -0.441. The lowest BCUT2D eigenvalue weighted by molar-refractivity contribution is 0.102. The van der Waals surface area contributed by atoms with Crippen molar-refractivity contribution in [3.63, 3.8) is 0 Å². The number of para-hydroxylation sites is 1. The average molecular weight is 464 g/mol. The second-order valence-corrected chi connectivity index (χ2v) is 8.55. The zero-order valence-corrected chi connectivity index (χ0v) is 18.7. The van der Waals surface area contributed by atoms with Crippen molar-refractivity contribution < 1.29 is 4.79 Å². The summed E-state index contributed by atoms with van der Waals surface area (Å²) >= 11 is 6.15. The summed E-state index contributed by atoms with van der Waals surface area (Å²) in [6.07, 6.45) is 3.94. The number of nitrogens with zero attached hydrogens (tertiary/aromatic N) is 3. The molecule has 1 aliphatic rings. The smallest absolute Gasteiger partial charge is 0.276 e. The molecule has 0 atom stereocenters. The number of nitrogen functional groups attached to an aromatic ring is 1. The topological polar surface area (TPSA) is 93.8 Å². The fourth-order valence-electron chi connectivity index (χ4n) is 4.55. The van der Waals surface area contributed by atoms with Gasteiger partial charge < -0.3 is 11.1 Å². The van der Waals surface area contributed by atoms with E-state index in [1.165, 1.54) is 11.8 Å². The Morgan fingerprint density at radius 3 is 2.68 bits per heavy atom. The molecule has 1 aliphatic carbocycles. The van der Waals surface area contributed by atoms with Gasteiger partial charge in [-0.05, 0) is 46.0 Å². The van der Waals surface area contributed by atoms with Crippen molar-refractivity contribution in [2.24, 2.45) is 0 Å². The first-order chi connectivity index (χ1) is 16.6. The number of benzene rings is 3. The summed E-state index contributed by atoms with van der Waals surface area (Å²) in [4.78, 5) is 25.5. The maximum absolute atomic E-state index is 13.0. The molecule has 0 saturated heterocycles. The summed E-state index contributed by atoms with van der Waals surface area (Å²) in [5.41, 5.74) is 14.0. The highest BCUT2D eigenvalue weighted by Crippen LogP contribution is 2.46. The SMILES string of the molecule is Nc1ncc(Cl)c(C(=O)Nc2ccc(-c3cnc4ccccc4c3)c3c2Cc2ccccc2-3)n1. The second-order valence-electron chi connectivity index (χ2n) is 8.14. The fourth-order valence-corrected chi connectivity index (χ4v) is 4.72. The maximum Gasteiger partial charge on any atom is 0.276 e. The number of pyridine rings is 1. The molecular formula is C27H18ClN5O. The number of carbonyl (C=O) groups excluding carboxylic acids is 1. The van der Waals surface area contributed by atoms with E-state index < -0.39 is 5.91 Å². The molecule has 0 fully saturated rings. The first-order valence-electron chi connectivity index (χ1n) is 10.8. The van der Waals surface area contributed by atoms with Crippen LogP contribution >= 0.6 is 11.6 Å². The number of anilines is 2. The third-order valence-electron chi connectivity index (χ3n) is 6.09. The lowest BCUT2D eigenvalue weighted by Gasteiger charge is -2.15. The molecular weight excluding hydrogens is 446 g/mol. The van der Waals surface area contributed by atoms with Crippen LogP contribution in [0.25, 0.3) is 33.2 Å². The van der Waals surface area contributed by atoms with Crippen LogP contribution in [0.15, 0.2) is 79.1 Å². The van der Waals surface area contributed by atoms with E-state index in [4.69, 9.17) is 17.3 Å². The van der Waals surface area contributed by atoms with Crippen molar-refractivity contribution in [1.82, 2.24) is 15.0 Å². The highest BCUT2D eigenvalue weighted by Gasteiger charge is 2.26. The molecule has 0 bridgehead atoms. The van der Waals surface area contributed by atoms with E-state index >= 15 is 0 Å². The van der Waals surface area contributed by atoms with Crippen molar-refractivity contribution in [3.05, 3.63) is 101 Å². The maximum atomic E-state index is 13.0. The summed E-state index contributed by atoms with van der Waals surface area (Å²) in [6.45, 7) is 0. The van der Waals surface area contributed by atoms with Crippen LogP contribution in [0.1, 0.15) is 21.6 Å². The zero-order chi connectivity index (χ0) is 23.2. The molecule has 7 heteroatoms. The molecule has 164 valence electrons. The van der Waals surface area contributed by atoms with Crippen LogP contribution in [0.3, 0.4) is 0 Å². The van der Waals surface area contributed by atoms with Crippen molar-refractivity contribution in [3.8, 4) is 22.3 Å². The van der Waals surface area contributed by atoms with Crippen LogP contribution < -0.4 is 11.1 Å². The van der Waals surface area contributed by atoms with Gasteiger partial charge in [0, 0.05) is 29.3 Å². The number of carbonyl (C=O) groups is 1. The Bertz CT molecular complexity index is 1610. The van der Waals surface area contributed by atoms with Crippen LogP contribution in [-0.2, 0) is 6.42 Å². The van der Waals surface area contributed by atoms with Gasteiger partial charge in [-0.15, -0.1) is 0 Å². The fraction of sp³-hybridized carbons (Fsp3) is 0.0370. The molecule has 0 spiro atoms. The van der Waals surface area contributed by atoms with Gasteiger partial charge in [0.15, 0.2) is 5.69 Å². The molecule has 6 rings (SSSR count). The average Bonchev–Trinajstić information content (AvgIpc) is 3.25. The number of fused-ring (bicyclic) bond motifs is 4. The highest BCUT2D eigenvalue weighted by molar-refractivity contribution is 6.34. The molecule has 0 aliphatic heterocycles. The Balaban J connectivity index is 1.49. The highest BCUT2D eigenvalue weighted by atomic mass is 35.5. The second kappa shape index (κ2) is 7.93. The van der Waals surface area contributed by atoms with Gasteiger partial charge in [0.2, 0.25) is 5.95 Å². The first-order valence-corrected chi connectivity index (χ1v) is 11.1. The lowest BCUT2D eigenvalue weighted by atomic mass is 9.93. The summed E-state index contributed by atoms with van der Waals surface area (Å²) < 4.78 is 0. The van der Waals surface area contributed by atoms with Crippen LogP contribution in [0.5, 0.6) is 0 Å². The van der Waals surface area contributed by atoms with Gasteiger partial charge in [0.25, 0.3) is 5.91 Å². The normalized spacial score (nSPS) is 11.8. The molecule has 0 saturated carbocycles. The number of amides is 1. The van der Waals surface area contributed by atoms with Gasteiger partial charge in [0.1, 0.15) is 0 Å². The quantitative estimate of drug-likeness (QED) is 0.348. The van der Waals surface area contributed by atoms with E-state index in [0.29, 0.717) is 12.1 Å². The number of nitrogens with two attached hydrogens (primary N) is 1. The number of nitrogens with one attached hydrogen (secondary N) is 1. The molecule has 3 N–H and O–H groups in total. The summed E-state index contributed by atoms with van der Waals surface area (Å²) in [6, 6.07) is 22.5. The number of halogens is 1. The first kappa shape index (κ1) is 20.3. The summed E-state index contributed by atoms with van der Waals surface area (Å²) in [5, 5.41) is 4.21. The minimum Gasteiger partial charge on any atom is -0.368 e. The van der Waals surface area contributed by atoms with Crippen LogP contribution in [0.4, 0.5) is 11.6 Å². The van der Waals surface area contributed by atoms with E-state index in [-0.39, 0.29) is 16.7 Å². The molecule has 1 amide bonds. The number of hydrogen-bond acceptors (Lipinski definition) is 5. The van der Waals surface area contributed by atoms with Gasteiger partial charge >= 0.3 is 0 Å². The third kappa shape index (κ3) is 3.36. The van der Waals surface area contributed by atoms with Gasteiger partial charge in [-0.1, -0.05) is 60.1 Å². The van der Waals surface area contributed by atoms with Crippen molar-refractivity contribution >= 4 is 40.0 Å². The Morgan fingerprint density at radius 1 is 0.941 bits per heavy atom. The number of aromatic nitrogens is 3.